The highest BCUT2D eigenvalue weighted by Gasteiger charge is 2.30. The van der Waals surface area contributed by atoms with Crippen LogP contribution in [0.25, 0.3) is 0 Å². The van der Waals surface area contributed by atoms with Gasteiger partial charge in [-0.25, -0.2) is 8.42 Å². The fourth-order valence-corrected chi connectivity index (χ4v) is 5.29. The van der Waals surface area contributed by atoms with Crippen molar-refractivity contribution in [2.75, 3.05) is 18.9 Å². The summed E-state index contributed by atoms with van der Waals surface area (Å²) in [5.74, 6) is -0.265. The first-order valence-corrected chi connectivity index (χ1v) is 12.0. The Kier molecular flexibility index (Phi) is 7.02. The molecule has 1 aliphatic heterocycles. The average Bonchev–Trinajstić information content (AvgIpc) is 2.64. The molecule has 9 heteroatoms. The van der Waals surface area contributed by atoms with Crippen molar-refractivity contribution in [3.05, 3.63) is 17.7 Å². The molecule has 30 heavy (non-hydrogen) atoms. The summed E-state index contributed by atoms with van der Waals surface area (Å²) in [4.78, 5) is 24.3. The zero-order chi connectivity index (χ0) is 21.9. The van der Waals surface area contributed by atoms with Crippen LogP contribution in [0.5, 0.6) is 5.75 Å². The third-order valence-corrected chi connectivity index (χ3v) is 7.68. The molecule has 0 saturated heterocycles. The molecule has 0 aromatic heterocycles. The first-order valence-electron chi connectivity index (χ1n) is 10.6. The first kappa shape index (κ1) is 22.6. The lowest BCUT2D eigenvalue weighted by atomic mass is 9.97. The van der Waals surface area contributed by atoms with Crippen LogP contribution in [-0.4, -0.2) is 50.3 Å². The van der Waals surface area contributed by atoms with Gasteiger partial charge < -0.3 is 15.4 Å². The summed E-state index contributed by atoms with van der Waals surface area (Å²) in [6.07, 6.45) is 6.95. The molecule has 1 aromatic carbocycles. The van der Waals surface area contributed by atoms with Gasteiger partial charge in [-0.2, -0.15) is 4.31 Å². The maximum Gasteiger partial charge on any atom is 0.265 e. The van der Waals surface area contributed by atoms with Gasteiger partial charge in [0, 0.05) is 19.2 Å². The molecule has 3 rings (SSSR count). The SMILES string of the molecule is Cc1cc2c(cc1S(=O)(=O)N(C)CC(=O)NC1CCCCCCC1)OC(C)C(=O)N2. The molecule has 1 unspecified atom stereocenters. The number of amides is 2. The van der Waals surface area contributed by atoms with Gasteiger partial charge >= 0.3 is 0 Å². The van der Waals surface area contributed by atoms with Crippen molar-refractivity contribution in [2.45, 2.75) is 75.8 Å². The second-order valence-electron chi connectivity index (χ2n) is 8.23. The fourth-order valence-electron chi connectivity index (χ4n) is 3.95. The van der Waals surface area contributed by atoms with Gasteiger partial charge in [-0.1, -0.05) is 32.1 Å². The van der Waals surface area contributed by atoms with Gasteiger partial charge in [0.2, 0.25) is 15.9 Å². The van der Waals surface area contributed by atoms with Gasteiger partial charge in [0.25, 0.3) is 5.91 Å². The van der Waals surface area contributed by atoms with Crippen LogP contribution < -0.4 is 15.4 Å². The number of nitrogens with one attached hydrogen (secondary N) is 2. The second kappa shape index (κ2) is 9.34. The van der Waals surface area contributed by atoms with Crippen LogP contribution in [0.4, 0.5) is 5.69 Å². The summed E-state index contributed by atoms with van der Waals surface area (Å²) in [7, 11) is -2.50. The Morgan fingerprint density at radius 2 is 1.83 bits per heavy atom. The molecule has 1 aromatic rings. The number of likely N-dealkylation sites (N-methyl/N-ethyl adjacent to an activating group) is 1. The van der Waals surface area contributed by atoms with Gasteiger partial charge in [-0.05, 0) is 38.3 Å². The topological polar surface area (TPSA) is 105 Å². The molecule has 1 atom stereocenters. The summed E-state index contributed by atoms with van der Waals surface area (Å²) in [5, 5.41) is 5.71. The number of aryl methyl sites for hydroxylation is 1. The summed E-state index contributed by atoms with van der Waals surface area (Å²) in [6, 6.07) is 3.10. The number of carbonyl (C=O) groups excluding carboxylic acids is 2. The van der Waals surface area contributed by atoms with E-state index in [0.717, 1.165) is 30.0 Å². The molecule has 2 amide bonds. The van der Waals surface area contributed by atoms with Gasteiger partial charge in [-0.3, -0.25) is 9.59 Å². The van der Waals surface area contributed by atoms with Crippen molar-refractivity contribution in [2.24, 2.45) is 0 Å². The van der Waals surface area contributed by atoms with E-state index in [4.69, 9.17) is 4.74 Å². The molecule has 0 bridgehead atoms. The minimum Gasteiger partial charge on any atom is -0.479 e. The van der Waals surface area contributed by atoms with Crippen LogP contribution in [0.1, 0.15) is 57.4 Å². The lowest BCUT2D eigenvalue weighted by Crippen LogP contribution is -2.43. The third-order valence-electron chi connectivity index (χ3n) is 5.73. The van der Waals surface area contributed by atoms with E-state index in [1.807, 2.05) is 0 Å². The van der Waals surface area contributed by atoms with Gasteiger partial charge in [-0.15, -0.1) is 0 Å². The van der Waals surface area contributed by atoms with E-state index < -0.39 is 16.1 Å². The highest BCUT2D eigenvalue weighted by Crippen LogP contribution is 2.35. The Morgan fingerprint density at radius 3 is 2.50 bits per heavy atom. The fraction of sp³-hybridized carbons (Fsp3) is 0.619. The molecule has 0 spiro atoms. The summed E-state index contributed by atoms with van der Waals surface area (Å²) < 4.78 is 32.8. The lowest BCUT2D eigenvalue weighted by Gasteiger charge is -2.26. The molecular formula is C21H31N3O5S. The third kappa shape index (κ3) is 5.13. The molecule has 1 aliphatic carbocycles. The van der Waals surface area contributed by atoms with Crippen LogP contribution in [0.3, 0.4) is 0 Å². The quantitative estimate of drug-likeness (QED) is 0.737. The number of nitrogens with zero attached hydrogens (tertiary/aromatic N) is 1. The smallest absolute Gasteiger partial charge is 0.265 e. The number of ether oxygens (including phenoxy) is 1. The first-order chi connectivity index (χ1) is 14.2. The van der Waals surface area contributed by atoms with Gasteiger partial charge in [0.15, 0.2) is 6.10 Å². The Balaban J connectivity index is 1.71. The van der Waals surface area contributed by atoms with Crippen LogP contribution in [0, 0.1) is 6.92 Å². The van der Waals surface area contributed by atoms with Crippen molar-refractivity contribution < 1.29 is 22.7 Å². The maximum atomic E-state index is 13.1. The number of anilines is 1. The van der Waals surface area contributed by atoms with Crippen molar-refractivity contribution >= 4 is 27.5 Å². The zero-order valence-electron chi connectivity index (χ0n) is 17.9. The monoisotopic (exact) mass is 437 g/mol. The van der Waals surface area contributed by atoms with Crippen molar-refractivity contribution in [1.82, 2.24) is 9.62 Å². The van der Waals surface area contributed by atoms with E-state index in [1.165, 1.54) is 32.4 Å². The van der Waals surface area contributed by atoms with E-state index in [0.29, 0.717) is 17.0 Å². The number of hydrogen-bond donors (Lipinski definition) is 2. The van der Waals surface area contributed by atoms with E-state index in [-0.39, 0.29) is 29.3 Å². The highest BCUT2D eigenvalue weighted by atomic mass is 32.2. The minimum atomic E-state index is -3.90. The molecule has 8 nitrogen and oxygen atoms in total. The summed E-state index contributed by atoms with van der Waals surface area (Å²) >= 11 is 0. The Bertz CT molecular complexity index is 907. The van der Waals surface area contributed by atoms with Gasteiger partial charge in [0.05, 0.1) is 17.1 Å². The Morgan fingerprint density at radius 1 is 1.20 bits per heavy atom. The summed E-state index contributed by atoms with van der Waals surface area (Å²) in [5.41, 5.74) is 0.915. The lowest BCUT2D eigenvalue weighted by molar-refractivity contribution is -0.123. The number of rotatable bonds is 5. The van der Waals surface area contributed by atoms with Gasteiger partial charge in [0.1, 0.15) is 5.75 Å². The molecule has 0 radical (unpaired) electrons. The molecule has 166 valence electrons. The van der Waals surface area contributed by atoms with Crippen molar-refractivity contribution in [3.63, 3.8) is 0 Å². The van der Waals surface area contributed by atoms with Crippen LogP contribution >= 0.6 is 0 Å². The normalized spacial score (nSPS) is 20.5. The molecule has 1 heterocycles. The van der Waals surface area contributed by atoms with E-state index in [9.17, 15) is 18.0 Å². The minimum absolute atomic E-state index is 0.0610. The van der Waals surface area contributed by atoms with Crippen molar-refractivity contribution in [3.8, 4) is 5.75 Å². The Labute approximate surface area is 178 Å². The van der Waals surface area contributed by atoms with E-state index >= 15 is 0 Å². The number of carbonyl (C=O) groups is 2. The average molecular weight is 438 g/mol. The molecule has 2 N–H and O–H groups in total. The van der Waals surface area contributed by atoms with Crippen LogP contribution in [0.2, 0.25) is 0 Å². The van der Waals surface area contributed by atoms with E-state index in [1.54, 1.807) is 19.9 Å². The number of sulfonamides is 1. The maximum absolute atomic E-state index is 13.1. The molecular weight excluding hydrogens is 406 g/mol. The molecule has 1 fully saturated rings. The highest BCUT2D eigenvalue weighted by molar-refractivity contribution is 7.89. The predicted molar refractivity (Wildman–Crippen MR) is 114 cm³/mol. The van der Waals surface area contributed by atoms with Crippen LogP contribution in [0.15, 0.2) is 17.0 Å². The second-order valence-corrected chi connectivity index (χ2v) is 10.2. The largest absolute Gasteiger partial charge is 0.479 e. The zero-order valence-corrected chi connectivity index (χ0v) is 18.7. The molecule has 1 saturated carbocycles. The van der Waals surface area contributed by atoms with Crippen LogP contribution in [-0.2, 0) is 19.6 Å². The number of hydrogen-bond acceptors (Lipinski definition) is 5. The predicted octanol–water partition coefficient (Wildman–Crippen LogP) is 2.56. The Hall–Kier alpha value is -2.13. The number of fused-ring (bicyclic) bond motifs is 1. The standard InChI is InChI=1S/C21H31N3O5S/c1-14-11-17-18(29-15(2)21(26)23-17)12-19(14)30(27,28)24(3)13-20(25)22-16-9-7-5-4-6-8-10-16/h11-12,15-16H,4-10,13H2,1-3H3,(H,22,25)(H,23,26). The van der Waals surface area contributed by atoms with E-state index in [2.05, 4.69) is 10.6 Å². The van der Waals surface area contributed by atoms with Crippen molar-refractivity contribution in [1.29, 1.82) is 0 Å². The molecule has 2 aliphatic rings. The number of benzene rings is 1. The summed E-state index contributed by atoms with van der Waals surface area (Å²) in [6.45, 7) is 3.00.